The lowest BCUT2D eigenvalue weighted by Crippen LogP contribution is -2.37. The quantitative estimate of drug-likeness (QED) is 0.366. The smallest absolute Gasteiger partial charge is 0.416 e. The highest BCUT2D eigenvalue weighted by Crippen LogP contribution is 2.18. The number of carboxylic acids is 1. The Balaban J connectivity index is 1.42. The van der Waals surface area contributed by atoms with Gasteiger partial charge in [0.25, 0.3) is 5.56 Å². The minimum atomic E-state index is -1.15. The number of nitrogens with zero attached hydrogens (tertiary/aromatic N) is 3. The fourth-order valence-electron chi connectivity index (χ4n) is 3.87. The van der Waals surface area contributed by atoms with E-state index in [4.69, 9.17) is 9.47 Å². The van der Waals surface area contributed by atoms with Crippen LogP contribution in [0.1, 0.15) is 17.0 Å². The van der Waals surface area contributed by atoms with E-state index < -0.39 is 18.6 Å². The maximum Gasteiger partial charge on any atom is 0.416 e. The van der Waals surface area contributed by atoms with Crippen molar-refractivity contribution in [2.24, 2.45) is 0 Å². The van der Waals surface area contributed by atoms with Crippen molar-refractivity contribution in [3.05, 3.63) is 100 Å². The SMILES string of the molecule is Cc1ccc(OC(=O)N(CC(=O)O)Cc2cccc(OCCn3c(C)nc4ccccc4c3=O)c2)cc1. The molecule has 9 nitrogen and oxygen atoms in total. The summed E-state index contributed by atoms with van der Waals surface area (Å²) in [7, 11) is 0. The molecule has 1 aromatic heterocycles. The molecule has 0 bridgehead atoms. The highest BCUT2D eigenvalue weighted by atomic mass is 16.6. The van der Waals surface area contributed by atoms with Gasteiger partial charge in [-0.15, -0.1) is 0 Å². The Bertz CT molecular complexity index is 1480. The molecule has 1 amide bonds. The fourth-order valence-corrected chi connectivity index (χ4v) is 3.87. The lowest BCUT2D eigenvalue weighted by molar-refractivity contribution is -0.138. The first-order valence-corrected chi connectivity index (χ1v) is 11.7. The number of aryl methyl sites for hydroxylation is 2. The molecular formula is C28H27N3O6. The van der Waals surface area contributed by atoms with Gasteiger partial charge in [-0.3, -0.25) is 19.1 Å². The number of hydrogen-bond acceptors (Lipinski definition) is 6. The van der Waals surface area contributed by atoms with E-state index in [0.717, 1.165) is 10.5 Å². The van der Waals surface area contributed by atoms with Gasteiger partial charge in [0, 0.05) is 6.54 Å². The molecule has 0 fully saturated rings. The van der Waals surface area contributed by atoms with Gasteiger partial charge in [0.15, 0.2) is 0 Å². The summed E-state index contributed by atoms with van der Waals surface area (Å²) in [4.78, 5) is 42.5. The summed E-state index contributed by atoms with van der Waals surface area (Å²) in [6, 6.07) is 21.1. The van der Waals surface area contributed by atoms with Gasteiger partial charge in [-0.2, -0.15) is 0 Å². The van der Waals surface area contributed by atoms with Gasteiger partial charge in [-0.1, -0.05) is 42.0 Å². The predicted octanol–water partition coefficient (Wildman–Crippen LogP) is 4.18. The fraction of sp³-hybridized carbons (Fsp3) is 0.214. The average molecular weight is 502 g/mol. The molecule has 9 heteroatoms. The van der Waals surface area contributed by atoms with Crippen LogP contribution in [0.4, 0.5) is 4.79 Å². The van der Waals surface area contributed by atoms with E-state index in [2.05, 4.69) is 4.98 Å². The molecule has 0 radical (unpaired) electrons. The number of rotatable bonds is 9. The molecule has 0 spiro atoms. The standard InChI is InChI=1S/C28H27N3O6/c1-19-10-12-22(13-11-19)37-28(35)30(18-26(32)33)17-21-6-5-7-23(16-21)36-15-14-31-20(2)29-25-9-4-3-8-24(25)27(31)34/h3-13,16H,14-15,17-18H2,1-2H3,(H,32,33). The van der Waals surface area contributed by atoms with Crippen molar-refractivity contribution in [1.29, 1.82) is 0 Å². The van der Waals surface area contributed by atoms with Crippen LogP contribution in [-0.2, 0) is 17.9 Å². The second-order valence-corrected chi connectivity index (χ2v) is 8.56. The number of para-hydroxylation sites is 1. The van der Waals surface area contributed by atoms with Crippen molar-refractivity contribution < 1.29 is 24.2 Å². The molecule has 0 aliphatic carbocycles. The second-order valence-electron chi connectivity index (χ2n) is 8.56. The number of carboxylic acid groups (broad SMARTS) is 1. The zero-order chi connectivity index (χ0) is 26.4. The topological polar surface area (TPSA) is 111 Å². The molecule has 190 valence electrons. The third-order valence-electron chi connectivity index (χ3n) is 5.72. The van der Waals surface area contributed by atoms with Crippen LogP contribution in [0, 0.1) is 13.8 Å². The zero-order valence-corrected chi connectivity index (χ0v) is 20.6. The number of aromatic nitrogens is 2. The summed E-state index contributed by atoms with van der Waals surface area (Å²) < 4.78 is 12.8. The summed E-state index contributed by atoms with van der Waals surface area (Å²) in [5, 5.41) is 9.84. The monoisotopic (exact) mass is 501 g/mol. The molecular weight excluding hydrogens is 474 g/mol. The number of carbonyl (C=O) groups is 2. The van der Waals surface area contributed by atoms with E-state index in [1.165, 1.54) is 0 Å². The number of aliphatic carboxylic acids is 1. The van der Waals surface area contributed by atoms with Crippen molar-refractivity contribution in [2.45, 2.75) is 26.9 Å². The molecule has 0 saturated heterocycles. The van der Waals surface area contributed by atoms with Crippen LogP contribution in [0.15, 0.2) is 77.6 Å². The first-order valence-electron chi connectivity index (χ1n) is 11.7. The summed E-state index contributed by atoms with van der Waals surface area (Å²) >= 11 is 0. The van der Waals surface area contributed by atoms with E-state index in [1.807, 2.05) is 13.0 Å². The maximum absolute atomic E-state index is 12.8. The number of hydrogen-bond donors (Lipinski definition) is 1. The van der Waals surface area contributed by atoms with Crippen molar-refractivity contribution in [1.82, 2.24) is 14.5 Å². The van der Waals surface area contributed by atoms with Crippen LogP contribution in [0.25, 0.3) is 10.9 Å². The zero-order valence-electron chi connectivity index (χ0n) is 20.6. The molecule has 4 aromatic rings. The van der Waals surface area contributed by atoms with Gasteiger partial charge >= 0.3 is 12.1 Å². The molecule has 37 heavy (non-hydrogen) atoms. The van der Waals surface area contributed by atoms with Crippen molar-refractivity contribution >= 4 is 23.0 Å². The van der Waals surface area contributed by atoms with E-state index in [0.29, 0.717) is 40.3 Å². The second kappa shape index (κ2) is 11.4. The van der Waals surface area contributed by atoms with Crippen molar-refractivity contribution in [3.8, 4) is 11.5 Å². The third kappa shape index (κ3) is 6.52. The largest absolute Gasteiger partial charge is 0.492 e. The molecule has 0 aliphatic rings. The normalized spacial score (nSPS) is 10.8. The number of carbonyl (C=O) groups excluding carboxylic acids is 1. The predicted molar refractivity (Wildman–Crippen MR) is 138 cm³/mol. The van der Waals surface area contributed by atoms with Crippen LogP contribution in [0.5, 0.6) is 11.5 Å². The molecule has 0 aliphatic heterocycles. The van der Waals surface area contributed by atoms with Gasteiger partial charge in [0.2, 0.25) is 0 Å². The average Bonchev–Trinajstić information content (AvgIpc) is 2.87. The van der Waals surface area contributed by atoms with Crippen LogP contribution < -0.4 is 15.0 Å². The van der Waals surface area contributed by atoms with E-state index >= 15 is 0 Å². The molecule has 1 heterocycles. The highest BCUT2D eigenvalue weighted by molar-refractivity contribution is 5.78. The number of benzene rings is 3. The molecule has 4 rings (SSSR count). The Hall–Kier alpha value is -4.66. The van der Waals surface area contributed by atoms with Gasteiger partial charge in [-0.25, -0.2) is 9.78 Å². The highest BCUT2D eigenvalue weighted by Gasteiger charge is 2.20. The minimum Gasteiger partial charge on any atom is -0.492 e. The van der Waals surface area contributed by atoms with Crippen LogP contribution in [0.2, 0.25) is 0 Å². The minimum absolute atomic E-state index is 0.0152. The summed E-state index contributed by atoms with van der Waals surface area (Å²) in [5.41, 5.74) is 2.20. The Morgan fingerprint density at radius 3 is 2.49 bits per heavy atom. The van der Waals surface area contributed by atoms with Gasteiger partial charge < -0.3 is 14.6 Å². The van der Waals surface area contributed by atoms with E-state index in [1.54, 1.807) is 78.2 Å². The Kier molecular flexibility index (Phi) is 7.83. The first-order chi connectivity index (χ1) is 17.8. The Labute approximate surface area is 213 Å². The summed E-state index contributed by atoms with van der Waals surface area (Å²) in [6.07, 6.45) is -0.767. The first kappa shape index (κ1) is 25.4. The third-order valence-corrected chi connectivity index (χ3v) is 5.72. The van der Waals surface area contributed by atoms with Gasteiger partial charge in [0.05, 0.1) is 17.4 Å². The molecule has 3 aromatic carbocycles. The van der Waals surface area contributed by atoms with Gasteiger partial charge in [-0.05, 0) is 55.8 Å². The summed E-state index contributed by atoms with van der Waals surface area (Å²) in [6.45, 7) is 3.71. The molecule has 0 saturated carbocycles. The van der Waals surface area contributed by atoms with Gasteiger partial charge in [0.1, 0.15) is 30.5 Å². The molecule has 0 atom stereocenters. The lowest BCUT2D eigenvalue weighted by Gasteiger charge is -2.20. The summed E-state index contributed by atoms with van der Waals surface area (Å²) in [5.74, 6) is 0.298. The molecule has 0 unspecified atom stereocenters. The van der Waals surface area contributed by atoms with Crippen LogP contribution in [-0.4, -0.2) is 44.8 Å². The van der Waals surface area contributed by atoms with E-state index in [9.17, 15) is 19.5 Å². The van der Waals surface area contributed by atoms with Crippen LogP contribution >= 0.6 is 0 Å². The Morgan fingerprint density at radius 2 is 1.73 bits per heavy atom. The van der Waals surface area contributed by atoms with Crippen LogP contribution in [0.3, 0.4) is 0 Å². The molecule has 1 N–H and O–H groups in total. The number of fused-ring (bicyclic) bond motifs is 1. The number of amides is 1. The van der Waals surface area contributed by atoms with E-state index in [-0.39, 0.29) is 18.7 Å². The van der Waals surface area contributed by atoms with Crippen molar-refractivity contribution in [2.75, 3.05) is 13.2 Å². The van der Waals surface area contributed by atoms with Crippen molar-refractivity contribution in [3.63, 3.8) is 0 Å². The number of ether oxygens (including phenoxy) is 2. The lowest BCUT2D eigenvalue weighted by atomic mass is 10.2. The maximum atomic E-state index is 12.8. The Morgan fingerprint density at radius 1 is 0.973 bits per heavy atom.